The van der Waals surface area contributed by atoms with Crippen LogP contribution in [-0.2, 0) is 16.0 Å². The van der Waals surface area contributed by atoms with Crippen LogP contribution in [0, 0.1) is 11.8 Å². The van der Waals surface area contributed by atoms with Crippen molar-refractivity contribution in [3.05, 3.63) is 34.9 Å². The molecule has 0 aromatic heterocycles. The molecule has 4 nitrogen and oxygen atoms in total. The van der Waals surface area contributed by atoms with Gasteiger partial charge >= 0.3 is 5.97 Å². The molecular weight excluding hydrogens is 266 g/mol. The van der Waals surface area contributed by atoms with E-state index in [-0.39, 0.29) is 24.8 Å². The molecule has 1 atom stereocenters. The molecule has 0 fully saturated rings. The van der Waals surface area contributed by atoms with Gasteiger partial charge in [0.1, 0.15) is 0 Å². The van der Waals surface area contributed by atoms with Gasteiger partial charge in [0.05, 0.1) is 12.3 Å². The summed E-state index contributed by atoms with van der Waals surface area (Å²) >= 11 is 5.83. The Bertz CT molecular complexity index is 460. The third kappa shape index (κ3) is 5.30. The fraction of sp³-hybridized carbons (Fsp3) is 0.429. The second-order valence-electron chi connectivity index (χ2n) is 4.80. The van der Waals surface area contributed by atoms with E-state index < -0.39 is 11.9 Å². The summed E-state index contributed by atoms with van der Waals surface area (Å²) in [6, 6.07) is 7.04. The largest absolute Gasteiger partial charge is 0.481 e. The topological polar surface area (TPSA) is 66.4 Å². The van der Waals surface area contributed by atoms with E-state index in [0.717, 1.165) is 5.56 Å². The predicted molar refractivity (Wildman–Crippen MR) is 74.1 cm³/mol. The number of carboxylic acids is 1. The van der Waals surface area contributed by atoms with E-state index in [1.54, 1.807) is 18.2 Å². The maximum absolute atomic E-state index is 11.7. The highest BCUT2D eigenvalue weighted by molar-refractivity contribution is 6.30. The van der Waals surface area contributed by atoms with Crippen LogP contribution in [0.5, 0.6) is 0 Å². The van der Waals surface area contributed by atoms with Crippen molar-refractivity contribution in [3.8, 4) is 0 Å². The van der Waals surface area contributed by atoms with Crippen molar-refractivity contribution < 1.29 is 14.7 Å². The molecule has 1 rings (SSSR count). The monoisotopic (exact) mass is 283 g/mol. The van der Waals surface area contributed by atoms with Crippen LogP contribution in [0.2, 0.25) is 5.02 Å². The van der Waals surface area contributed by atoms with Gasteiger partial charge in [-0.05, 0) is 23.6 Å². The zero-order valence-electron chi connectivity index (χ0n) is 11.0. The molecule has 0 radical (unpaired) electrons. The van der Waals surface area contributed by atoms with E-state index in [1.807, 2.05) is 19.9 Å². The lowest BCUT2D eigenvalue weighted by molar-refractivity contribution is -0.143. The van der Waals surface area contributed by atoms with E-state index in [9.17, 15) is 9.59 Å². The molecule has 5 heteroatoms. The molecular formula is C14H18ClNO3. The zero-order valence-corrected chi connectivity index (χ0v) is 11.8. The van der Waals surface area contributed by atoms with Gasteiger partial charge in [0.15, 0.2) is 0 Å². The summed E-state index contributed by atoms with van der Waals surface area (Å²) in [6.45, 7) is 3.79. The second kappa shape index (κ2) is 7.14. The Morgan fingerprint density at radius 3 is 2.58 bits per heavy atom. The number of hydrogen-bond acceptors (Lipinski definition) is 2. The third-order valence-electron chi connectivity index (χ3n) is 2.89. The number of aliphatic carboxylic acids is 1. The van der Waals surface area contributed by atoms with Crippen LogP contribution >= 0.6 is 11.6 Å². The second-order valence-corrected chi connectivity index (χ2v) is 5.24. The Morgan fingerprint density at radius 2 is 2.05 bits per heavy atom. The number of carbonyl (C=O) groups excluding carboxylic acids is 1. The minimum absolute atomic E-state index is 0.0241. The van der Waals surface area contributed by atoms with Crippen LogP contribution in [0.1, 0.15) is 19.4 Å². The van der Waals surface area contributed by atoms with Gasteiger partial charge < -0.3 is 10.4 Å². The molecule has 0 aliphatic carbocycles. The summed E-state index contributed by atoms with van der Waals surface area (Å²) in [7, 11) is 0. The molecule has 1 aromatic carbocycles. The van der Waals surface area contributed by atoms with Gasteiger partial charge in [0.25, 0.3) is 0 Å². The first-order valence-corrected chi connectivity index (χ1v) is 6.52. The fourth-order valence-corrected chi connectivity index (χ4v) is 1.94. The maximum Gasteiger partial charge on any atom is 0.308 e. The minimum atomic E-state index is -0.891. The molecule has 1 amide bonds. The van der Waals surface area contributed by atoms with Crippen molar-refractivity contribution in [2.45, 2.75) is 20.3 Å². The van der Waals surface area contributed by atoms with Crippen LogP contribution < -0.4 is 5.32 Å². The van der Waals surface area contributed by atoms with Crippen LogP contribution in [-0.4, -0.2) is 23.5 Å². The molecule has 104 valence electrons. The highest BCUT2D eigenvalue weighted by atomic mass is 35.5. The molecule has 0 saturated heterocycles. The highest BCUT2D eigenvalue weighted by Crippen LogP contribution is 2.12. The molecule has 0 spiro atoms. The summed E-state index contributed by atoms with van der Waals surface area (Å²) in [5.74, 6) is -1.68. The Morgan fingerprint density at radius 1 is 1.37 bits per heavy atom. The van der Waals surface area contributed by atoms with E-state index in [2.05, 4.69) is 5.32 Å². The van der Waals surface area contributed by atoms with E-state index in [4.69, 9.17) is 16.7 Å². The molecule has 19 heavy (non-hydrogen) atoms. The Labute approximate surface area is 117 Å². The number of nitrogens with one attached hydrogen (secondary N) is 1. The number of carbonyl (C=O) groups is 2. The first kappa shape index (κ1) is 15.5. The Hall–Kier alpha value is -1.55. The number of carboxylic acid groups (broad SMARTS) is 1. The smallest absolute Gasteiger partial charge is 0.308 e. The van der Waals surface area contributed by atoms with E-state index in [1.165, 1.54) is 0 Å². The molecule has 1 aromatic rings. The normalized spacial score (nSPS) is 12.2. The van der Waals surface area contributed by atoms with E-state index in [0.29, 0.717) is 5.02 Å². The SMILES string of the molecule is CC(C)C(CNC(=O)Cc1cccc(Cl)c1)C(=O)O. The Balaban J connectivity index is 2.50. The van der Waals surface area contributed by atoms with Crippen molar-refractivity contribution in [1.82, 2.24) is 5.32 Å². The van der Waals surface area contributed by atoms with Gasteiger partial charge in [0.2, 0.25) is 5.91 Å². The molecule has 0 aliphatic heterocycles. The van der Waals surface area contributed by atoms with Crippen LogP contribution in [0.3, 0.4) is 0 Å². The van der Waals surface area contributed by atoms with Crippen molar-refractivity contribution in [2.24, 2.45) is 11.8 Å². The summed E-state index contributed by atoms with van der Waals surface area (Å²) in [5.41, 5.74) is 0.807. The average molecular weight is 284 g/mol. The molecule has 0 heterocycles. The summed E-state index contributed by atoms with van der Waals surface area (Å²) < 4.78 is 0. The highest BCUT2D eigenvalue weighted by Gasteiger charge is 2.21. The van der Waals surface area contributed by atoms with Crippen molar-refractivity contribution in [1.29, 1.82) is 0 Å². The predicted octanol–water partition coefficient (Wildman–Crippen LogP) is 2.36. The molecule has 0 aliphatic rings. The van der Waals surface area contributed by atoms with Crippen LogP contribution in [0.25, 0.3) is 0 Å². The number of amides is 1. The number of benzene rings is 1. The van der Waals surface area contributed by atoms with E-state index >= 15 is 0 Å². The molecule has 2 N–H and O–H groups in total. The summed E-state index contributed by atoms with van der Waals surface area (Å²) in [5, 5.41) is 12.2. The Kier molecular flexibility index (Phi) is 5.83. The lowest BCUT2D eigenvalue weighted by atomic mass is 9.96. The first-order valence-electron chi connectivity index (χ1n) is 6.14. The van der Waals surface area contributed by atoms with Crippen LogP contribution in [0.4, 0.5) is 0 Å². The quantitative estimate of drug-likeness (QED) is 0.842. The molecule has 1 unspecified atom stereocenters. The third-order valence-corrected chi connectivity index (χ3v) is 3.13. The van der Waals surface area contributed by atoms with Gasteiger partial charge in [-0.25, -0.2) is 0 Å². The molecule has 0 bridgehead atoms. The zero-order chi connectivity index (χ0) is 14.4. The summed E-state index contributed by atoms with van der Waals surface area (Å²) in [4.78, 5) is 22.7. The fourth-order valence-electron chi connectivity index (χ4n) is 1.73. The van der Waals surface area contributed by atoms with Crippen molar-refractivity contribution >= 4 is 23.5 Å². The lowest BCUT2D eigenvalue weighted by Gasteiger charge is -2.16. The van der Waals surface area contributed by atoms with Gasteiger partial charge in [-0.15, -0.1) is 0 Å². The standard InChI is InChI=1S/C14H18ClNO3/c1-9(2)12(14(18)19)8-16-13(17)7-10-4-3-5-11(15)6-10/h3-6,9,12H,7-8H2,1-2H3,(H,16,17)(H,18,19). The van der Waals surface area contributed by atoms with Crippen LogP contribution in [0.15, 0.2) is 24.3 Å². The number of rotatable bonds is 6. The van der Waals surface area contributed by atoms with Gasteiger partial charge in [-0.3, -0.25) is 9.59 Å². The van der Waals surface area contributed by atoms with Crippen molar-refractivity contribution in [3.63, 3.8) is 0 Å². The van der Waals surface area contributed by atoms with Gasteiger partial charge in [-0.2, -0.15) is 0 Å². The van der Waals surface area contributed by atoms with Gasteiger partial charge in [-0.1, -0.05) is 37.6 Å². The first-order chi connectivity index (χ1) is 8.90. The minimum Gasteiger partial charge on any atom is -0.481 e. The lowest BCUT2D eigenvalue weighted by Crippen LogP contribution is -2.36. The van der Waals surface area contributed by atoms with Crippen molar-refractivity contribution in [2.75, 3.05) is 6.54 Å². The average Bonchev–Trinajstić information content (AvgIpc) is 2.27. The number of halogens is 1. The summed E-state index contributed by atoms with van der Waals surface area (Å²) in [6.07, 6.45) is 0.199. The molecule has 0 saturated carbocycles. The van der Waals surface area contributed by atoms with Gasteiger partial charge in [0, 0.05) is 11.6 Å². The number of hydrogen-bond donors (Lipinski definition) is 2. The maximum atomic E-state index is 11.7.